The van der Waals surface area contributed by atoms with Gasteiger partial charge in [-0.1, -0.05) is 30.3 Å². The highest BCUT2D eigenvalue weighted by molar-refractivity contribution is 7.99. The van der Waals surface area contributed by atoms with Gasteiger partial charge in [0.1, 0.15) is 0 Å². The Labute approximate surface area is 126 Å². The molecular weight excluding hydrogens is 268 g/mol. The van der Waals surface area contributed by atoms with E-state index in [0.29, 0.717) is 0 Å². The molecule has 4 heteroatoms. The smallest absolute Gasteiger partial charge is 0.0944 e. The van der Waals surface area contributed by atoms with E-state index in [0.717, 1.165) is 38.4 Å². The molecule has 1 aliphatic heterocycles. The first-order valence-electron chi connectivity index (χ1n) is 7.50. The zero-order chi connectivity index (χ0) is 14.2. The summed E-state index contributed by atoms with van der Waals surface area (Å²) in [7, 11) is 0. The molecule has 0 spiro atoms. The van der Waals surface area contributed by atoms with Crippen molar-refractivity contribution >= 4 is 11.8 Å². The predicted molar refractivity (Wildman–Crippen MR) is 86.2 cm³/mol. The van der Waals surface area contributed by atoms with E-state index in [-0.39, 0.29) is 6.04 Å². The fraction of sp³-hybridized carbons (Fsp3) is 0.625. The molecule has 1 saturated heterocycles. The summed E-state index contributed by atoms with van der Waals surface area (Å²) in [6.45, 7) is 5.56. The quantitative estimate of drug-likeness (QED) is 0.562. The van der Waals surface area contributed by atoms with Crippen LogP contribution >= 0.6 is 11.8 Å². The second-order valence-corrected chi connectivity index (χ2v) is 6.79. The zero-order valence-electron chi connectivity index (χ0n) is 12.2. The van der Waals surface area contributed by atoms with Gasteiger partial charge in [0.15, 0.2) is 0 Å². The van der Waals surface area contributed by atoms with Crippen LogP contribution in [0.25, 0.3) is 0 Å². The molecule has 2 rings (SSSR count). The zero-order valence-corrected chi connectivity index (χ0v) is 13.0. The summed E-state index contributed by atoms with van der Waals surface area (Å²) in [6, 6.07) is 10.7. The lowest BCUT2D eigenvalue weighted by molar-refractivity contribution is 0.204. The van der Waals surface area contributed by atoms with Crippen molar-refractivity contribution < 1.29 is 0 Å². The molecule has 1 aromatic carbocycles. The summed E-state index contributed by atoms with van der Waals surface area (Å²) in [5.74, 6) is 1.90. The van der Waals surface area contributed by atoms with Gasteiger partial charge in [-0.25, -0.2) is 0 Å². The maximum absolute atomic E-state index is 10.5. The summed E-state index contributed by atoms with van der Waals surface area (Å²) in [6.07, 6.45) is 3.12. The number of nitrogens with zero attached hydrogens (tertiary/aromatic N) is 2. The van der Waals surface area contributed by atoms with Crippen LogP contribution in [0.4, 0.5) is 0 Å². The third kappa shape index (κ3) is 5.25. The minimum atomic E-state index is 0.0670. The molecule has 3 nitrogen and oxygen atoms in total. The molecule has 1 aliphatic rings. The van der Waals surface area contributed by atoms with Crippen molar-refractivity contribution in [3.63, 3.8) is 0 Å². The van der Waals surface area contributed by atoms with E-state index in [4.69, 9.17) is 0 Å². The Balaban J connectivity index is 1.61. The van der Waals surface area contributed by atoms with Crippen molar-refractivity contribution in [1.29, 1.82) is 0 Å². The summed E-state index contributed by atoms with van der Waals surface area (Å²) in [4.78, 5) is 14.3. The van der Waals surface area contributed by atoms with Gasteiger partial charge in [0.25, 0.3) is 0 Å². The number of hydrogen-bond donors (Lipinski definition) is 0. The van der Waals surface area contributed by atoms with Gasteiger partial charge in [-0.3, -0.25) is 0 Å². The Kier molecular flexibility index (Phi) is 6.54. The number of likely N-dealkylation sites (tertiary alicyclic amines) is 1. The fourth-order valence-electron chi connectivity index (χ4n) is 2.49. The largest absolute Gasteiger partial charge is 0.303 e. The van der Waals surface area contributed by atoms with Gasteiger partial charge in [-0.2, -0.15) is 4.91 Å². The van der Waals surface area contributed by atoms with Crippen LogP contribution < -0.4 is 0 Å². The summed E-state index contributed by atoms with van der Waals surface area (Å²) in [5, 5.41) is 3.16. The monoisotopic (exact) mass is 292 g/mol. The summed E-state index contributed by atoms with van der Waals surface area (Å²) < 4.78 is 0. The number of rotatable bonds is 7. The van der Waals surface area contributed by atoms with Gasteiger partial charge in [0, 0.05) is 23.7 Å². The molecule has 0 aromatic heterocycles. The Morgan fingerprint density at radius 2 is 2.00 bits per heavy atom. The summed E-state index contributed by atoms with van der Waals surface area (Å²) in [5.41, 5.74) is 0. The topological polar surface area (TPSA) is 32.7 Å². The van der Waals surface area contributed by atoms with E-state index in [9.17, 15) is 4.91 Å². The Hall–Kier alpha value is -0.870. The summed E-state index contributed by atoms with van der Waals surface area (Å²) >= 11 is 1.94. The number of nitroso groups, excluding NO2 is 1. The van der Waals surface area contributed by atoms with Crippen LogP contribution in [-0.2, 0) is 0 Å². The molecule has 0 N–H and O–H groups in total. The van der Waals surface area contributed by atoms with Crippen molar-refractivity contribution in [2.24, 2.45) is 11.1 Å². The van der Waals surface area contributed by atoms with E-state index >= 15 is 0 Å². The van der Waals surface area contributed by atoms with E-state index < -0.39 is 0 Å². The van der Waals surface area contributed by atoms with Crippen LogP contribution in [-0.4, -0.2) is 36.3 Å². The molecule has 1 heterocycles. The third-order valence-corrected chi connectivity index (χ3v) is 5.26. The van der Waals surface area contributed by atoms with E-state index in [1.807, 2.05) is 11.8 Å². The maximum Gasteiger partial charge on any atom is 0.0944 e. The number of piperidine rings is 1. The SMILES string of the molecule is CC(CCN1CCC(N=O)CC1)CSc1ccccc1. The Bertz CT molecular complexity index is 391. The normalized spacial score (nSPS) is 18.9. The number of thioether (sulfide) groups is 1. The van der Waals surface area contributed by atoms with Crippen LogP contribution in [0.15, 0.2) is 40.4 Å². The van der Waals surface area contributed by atoms with Crippen molar-refractivity contribution in [2.75, 3.05) is 25.4 Å². The minimum Gasteiger partial charge on any atom is -0.303 e. The van der Waals surface area contributed by atoms with Gasteiger partial charge in [-0.15, -0.1) is 11.8 Å². The van der Waals surface area contributed by atoms with Crippen molar-refractivity contribution in [3.8, 4) is 0 Å². The van der Waals surface area contributed by atoms with Crippen molar-refractivity contribution in [2.45, 2.75) is 37.1 Å². The molecule has 1 unspecified atom stereocenters. The highest BCUT2D eigenvalue weighted by atomic mass is 32.2. The molecule has 20 heavy (non-hydrogen) atoms. The first-order valence-corrected chi connectivity index (χ1v) is 8.49. The third-order valence-electron chi connectivity index (χ3n) is 3.92. The average Bonchev–Trinajstić information content (AvgIpc) is 2.52. The molecule has 1 atom stereocenters. The molecule has 0 amide bonds. The number of benzene rings is 1. The average molecular weight is 292 g/mol. The molecule has 110 valence electrons. The van der Waals surface area contributed by atoms with Gasteiger partial charge in [0.05, 0.1) is 6.04 Å². The van der Waals surface area contributed by atoms with Crippen LogP contribution in [0, 0.1) is 10.8 Å². The second-order valence-electron chi connectivity index (χ2n) is 5.70. The molecule has 1 aromatic rings. The van der Waals surface area contributed by atoms with E-state index in [2.05, 4.69) is 47.3 Å². The predicted octanol–water partition coefficient (Wildman–Crippen LogP) is 4.04. The number of hydrogen-bond acceptors (Lipinski definition) is 4. The molecular formula is C16H24N2OS. The molecule has 1 fully saturated rings. The second kappa shape index (κ2) is 8.42. The van der Waals surface area contributed by atoms with Crippen LogP contribution in [0.3, 0.4) is 0 Å². The van der Waals surface area contributed by atoms with Crippen LogP contribution in [0.1, 0.15) is 26.2 Å². The maximum atomic E-state index is 10.5. The highest BCUT2D eigenvalue weighted by Gasteiger charge is 2.19. The fourth-order valence-corrected chi connectivity index (χ4v) is 3.48. The Morgan fingerprint density at radius 1 is 1.30 bits per heavy atom. The lowest BCUT2D eigenvalue weighted by atomic mass is 10.0. The molecule has 0 saturated carbocycles. The van der Waals surface area contributed by atoms with E-state index in [1.54, 1.807) is 0 Å². The first kappa shape index (κ1) is 15.5. The van der Waals surface area contributed by atoms with E-state index in [1.165, 1.54) is 17.1 Å². The lowest BCUT2D eigenvalue weighted by Crippen LogP contribution is -2.36. The first-order chi connectivity index (χ1) is 9.78. The molecule has 0 aliphatic carbocycles. The van der Waals surface area contributed by atoms with Crippen LogP contribution in [0.2, 0.25) is 0 Å². The van der Waals surface area contributed by atoms with Gasteiger partial charge < -0.3 is 4.90 Å². The van der Waals surface area contributed by atoms with Gasteiger partial charge in [0.2, 0.25) is 0 Å². The van der Waals surface area contributed by atoms with Gasteiger partial charge in [-0.05, 0) is 43.9 Å². The lowest BCUT2D eigenvalue weighted by Gasteiger charge is -2.29. The molecule has 0 bridgehead atoms. The minimum absolute atomic E-state index is 0.0670. The van der Waals surface area contributed by atoms with Crippen LogP contribution in [0.5, 0.6) is 0 Å². The van der Waals surface area contributed by atoms with Crippen molar-refractivity contribution in [3.05, 3.63) is 35.2 Å². The highest BCUT2D eigenvalue weighted by Crippen LogP contribution is 2.22. The van der Waals surface area contributed by atoms with Gasteiger partial charge >= 0.3 is 0 Å². The molecule has 0 radical (unpaired) electrons. The standard InChI is InChI=1S/C16H24N2OS/c1-14(13-20-16-5-3-2-4-6-16)7-10-18-11-8-15(17-19)9-12-18/h2-6,14-15H,7-13H2,1H3. The Morgan fingerprint density at radius 3 is 2.65 bits per heavy atom. The van der Waals surface area contributed by atoms with Crippen molar-refractivity contribution in [1.82, 2.24) is 4.90 Å².